The van der Waals surface area contributed by atoms with Crippen molar-refractivity contribution in [2.75, 3.05) is 11.9 Å². The van der Waals surface area contributed by atoms with Gasteiger partial charge >= 0.3 is 0 Å². The molecule has 0 unspecified atom stereocenters. The number of rotatable bonds is 6. The Bertz CT molecular complexity index is 1060. The fraction of sp³-hybridized carbons (Fsp3) is 0.150. The Morgan fingerprint density at radius 3 is 2.34 bits per heavy atom. The molecule has 1 N–H and O–H groups in total. The number of aromatic nitrogens is 2. The molecule has 0 atom stereocenters. The van der Waals surface area contributed by atoms with Crippen molar-refractivity contribution < 1.29 is 14.4 Å². The van der Waals surface area contributed by atoms with Crippen LogP contribution in [0, 0.1) is 6.92 Å². The van der Waals surface area contributed by atoms with Gasteiger partial charge in [-0.3, -0.25) is 24.6 Å². The molecule has 2 heterocycles. The molecule has 4 rings (SSSR count). The Morgan fingerprint density at radius 1 is 1.03 bits per heavy atom. The van der Waals surface area contributed by atoms with Gasteiger partial charge in [0.25, 0.3) is 11.8 Å². The molecule has 1 aliphatic rings. The van der Waals surface area contributed by atoms with E-state index in [0.29, 0.717) is 16.3 Å². The van der Waals surface area contributed by atoms with Gasteiger partial charge < -0.3 is 0 Å². The zero-order chi connectivity index (χ0) is 20.4. The Hall–Kier alpha value is -3.04. The normalized spacial score (nSPS) is 12.9. The number of hydrogen-bond donors (Lipinski definition) is 1. The van der Waals surface area contributed by atoms with Crippen LogP contribution in [0.5, 0.6) is 0 Å². The third-order valence-electron chi connectivity index (χ3n) is 4.32. The van der Waals surface area contributed by atoms with E-state index < -0.39 is 17.7 Å². The van der Waals surface area contributed by atoms with Gasteiger partial charge in [-0.2, -0.15) is 0 Å². The second-order valence-electron chi connectivity index (χ2n) is 6.44. The lowest BCUT2D eigenvalue weighted by molar-refractivity contribution is -0.116. The standard InChI is InChI=1S/C20H16N4O3S2/c1-12-6-8-13(9-7-12)11-28-20-23-22-19(29-20)21-16(25)10-24-17(26)14-4-2-3-5-15(14)18(24)27/h2-9H,10-11H2,1H3,(H,21,22,25). The molecule has 0 saturated carbocycles. The minimum absolute atomic E-state index is 0.316. The summed E-state index contributed by atoms with van der Waals surface area (Å²) in [5.74, 6) is -0.678. The summed E-state index contributed by atoms with van der Waals surface area (Å²) in [4.78, 5) is 37.9. The maximum Gasteiger partial charge on any atom is 0.262 e. The van der Waals surface area contributed by atoms with Gasteiger partial charge in [0.05, 0.1) is 11.1 Å². The molecule has 146 valence electrons. The minimum Gasteiger partial charge on any atom is -0.299 e. The number of thioether (sulfide) groups is 1. The van der Waals surface area contributed by atoms with Crippen molar-refractivity contribution >= 4 is 46.0 Å². The number of nitrogens with zero attached hydrogens (tertiary/aromatic N) is 3. The molecular formula is C20H16N4O3S2. The number of anilines is 1. The van der Waals surface area contributed by atoms with Crippen molar-refractivity contribution in [3.05, 3.63) is 70.8 Å². The number of benzene rings is 2. The van der Waals surface area contributed by atoms with Crippen molar-refractivity contribution in [1.29, 1.82) is 0 Å². The van der Waals surface area contributed by atoms with Crippen molar-refractivity contribution in [2.24, 2.45) is 0 Å². The molecule has 0 radical (unpaired) electrons. The smallest absolute Gasteiger partial charge is 0.262 e. The first-order valence-electron chi connectivity index (χ1n) is 8.78. The minimum atomic E-state index is -0.495. The van der Waals surface area contributed by atoms with E-state index >= 15 is 0 Å². The average molecular weight is 425 g/mol. The van der Waals surface area contributed by atoms with Crippen LogP contribution in [-0.2, 0) is 10.5 Å². The number of imide groups is 1. The summed E-state index contributed by atoms with van der Waals surface area (Å²) in [5, 5.41) is 11.0. The number of hydrogen-bond acceptors (Lipinski definition) is 7. The quantitative estimate of drug-likeness (QED) is 0.371. The Labute approximate surface area is 175 Å². The lowest BCUT2D eigenvalue weighted by Gasteiger charge is -2.12. The molecule has 7 nitrogen and oxygen atoms in total. The molecule has 3 aromatic rings. The fourth-order valence-electron chi connectivity index (χ4n) is 2.83. The molecule has 0 spiro atoms. The topological polar surface area (TPSA) is 92.3 Å². The molecule has 0 fully saturated rings. The first-order valence-corrected chi connectivity index (χ1v) is 10.6. The number of nitrogens with one attached hydrogen (secondary N) is 1. The van der Waals surface area contributed by atoms with Crippen molar-refractivity contribution in [3.63, 3.8) is 0 Å². The van der Waals surface area contributed by atoms with Gasteiger partial charge in [-0.15, -0.1) is 10.2 Å². The highest BCUT2D eigenvalue weighted by molar-refractivity contribution is 8.00. The van der Waals surface area contributed by atoms with E-state index in [4.69, 9.17) is 0 Å². The first-order chi connectivity index (χ1) is 14.0. The summed E-state index contributed by atoms with van der Waals surface area (Å²) in [6, 6.07) is 14.8. The number of carbonyl (C=O) groups excluding carboxylic acids is 3. The molecule has 1 aromatic heterocycles. The molecule has 9 heteroatoms. The van der Waals surface area contributed by atoms with Crippen molar-refractivity contribution in [2.45, 2.75) is 17.0 Å². The maximum absolute atomic E-state index is 12.3. The van der Waals surface area contributed by atoms with Gasteiger partial charge in [0.15, 0.2) is 4.34 Å². The number of carbonyl (C=O) groups is 3. The summed E-state index contributed by atoms with van der Waals surface area (Å²) < 4.78 is 0.724. The van der Waals surface area contributed by atoms with Gasteiger partial charge in [-0.1, -0.05) is 65.1 Å². The first kappa shape index (κ1) is 19.3. The predicted octanol–water partition coefficient (Wildman–Crippen LogP) is 3.37. The summed E-state index contributed by atoms with van der Waals surface area (Å²) in [5.41, 5.74) is 3.01. The highest BCUT2D eigenvalue weighted by Gasteiger charge is 2.36. The number of aryl methyl sites for hydroxylation is 1. The van der Waals surface area contributed by atoms with Gasteiger partial charge in [-0.05, 0) is 24.6 Å². The highest BCUT2D eigenvalue weighted by atomic mass is 32.2. The molecule has 0 saturated heterocycles. The zero-order valence-corrected chi connectivity index (χ0v) is 17.0. The largest absolute Gasteiger partial charge is 0.299 e. The lowest BCUT2D eigenvalue weighted by atomic mass is 10.1. The van der Waals surface area contributed by atoms with Gasteiger partial charge in [0.2, 0.25) is 11.0 Å². The van der Waals surface area contributed by atoms with Crippen LogP contribution in [0.2, 0.25) is 0 Å². The second kappa shape index (κ2) is 8.14. The van der Waals surface area contributed by atoms with Crippen LogP contribution in [0.3, 0.4) is 0 Å². The molecule has 1 aliphatic heterocycles. The SMILES string of the molecule is Cc1ccc(CSc2nnc(NC(=O)CN3C(=O)c4ccccc4C3=O)s2)cc1. The van der Waals surface area contributed by atoms with Crippen LogP contribution < -0.4 is 5.32 Å². The van der Waals surface area contributed by atoms with Crippen LogP contribution in [0.25, 0.3) is 0 Å². The van der Waals surface area contributed by atoms with Crippen LogP contribution in [0.15, 0.2) is 52.9 Å². The van der Waals surface area contributed by atoms with Crippen molar-refractivity contribution in [3.8, 4) is 0 Å². The zero-order valence-electron chi connectivity index (χ0n) is 15.4. The van der Waals surface area contributed by atoms with E-state index in [1.165, 1.54) is 34.2 Å². The van der Waals surface area contributed by atoms with E-state index in [-0.39, 0.29) is 6.54 Å². The molecular weight excluding hydrogens is 408 g/mol. The molecule has 3 amide bonds. The molecule has 29 heavy (non-hydrogen) atoms. The predicted molar refractivity (Wildman–Crippen MR) is 111 cm³/mol. The second-order valence-corrected chi connectivity index (χ2v) is 8.64. The van der Waals surface area contributed by atoms with Crippen molar-refractivity contribution in [1.82, 2.24) is 15.1 Å². The van der Waals surface area contributed by atoms with E-state index in [1.54, 1.807) is 24.3 Å². The molecule has 0 bridgehead atoms. The van der Waals surface area contributed by atoms with Crippen LogP contribution >= 0.6 is 23.1 Å². The third-order valence-corrected chi connectivity index (χ3v) is 6.36. The van der Waals surface area contributed by atoms with Crippen LogP contribution in [0.1, 0.15) is 31.8 Å². The summed E-state index contributed by atoms with van der Waals surface area (Å²) >= 11 is 2.78. The van der Waals surface area contributed by atoms with Crippen LogP contribution in [0.4, 0.5) is 5.13 Å². The number of fused-ring (bicyclic) bond motifs is 1. The van der Waals surface area contributed by atoms with E-state index in [9.17, 15) is 14.4 Å². The molecule has 2 aromatic carbocycles. The Morgan fingerprint density at radius 2 is 1.69 bits per heavy atom. The summed E-state index contributed by atoms with van der Waals surface area (Å²) in [7, 11) is 0. The van der Waals surface area contributed by atoms with Gasteiger partial charge in [0.1, 0.15) is 6.54 Å². The van der Waals surface area contributed by atoms with Gasteiger partial charge in [0, 0.05) is 5.75 Å². The fourth-order valence-corrected chi connectivity index (χ4v) is 4.56. The van der Waals surface area contributed by atoms with E-state index in [0.717, 1.165) is 15.0 Å². The summed E-state index contributed by atoms with van der Waals surface area (Å²) in [6.45, 7) is 1.68. The van der Waals surface area contributed by atoms with Gasteiger partial charge in [-0.25, -0.2) is 0 Å². The summed E-state index contributed by atoms with van der Waals surface area (Å²) in [6.07, 6.45) is 0. The monoisotopic (exact) mass is 424 g/mol. The Kier molecular flexibility index (Phi) is 5.41. The Balaban J connectivity index is 1.33. The molecule has 0 aliphatic carbocycles. The average Bonchev–Trinajstić information content (AvgIpc) is 3.26. The maximum atomic E-state index is 12.3. The number of amides is 3. The lowest BCUT2D eigenvalue weighted by Crippen LogP contribution is -2.37. The third kappa shape index (κ3) is 4.20. The highest BCUT2D eigenvalue weighted by Crippen LogP contribution is 2.28. The van der Waals surface area contributed by atoms with Crippen LogP contribution in [-0.4, -0.2) is 39.4 Å². The van der Waals surface area contributed by atoms with E-state index in [1.807, 2.05) is 6.92 Å². The van der Waals surface area contributed by atoms with E-state index in [2.05, 4.69) is 39.8 Å².